The minimum atomic E-state index is -2.13. The number of esters is 3. The fourth-order valence-electron chi connectivity index (χ4n) is 13.7. The SMILES string of the molecule is COc1c(N2C[C@H]3CCCN[C@H]3C2)c(F)cc2c(=O)c(C(=O)OCCCOC(=O)c3ccc(C(=O)OCC(=O)[C@@]4(O)[C@H](C)C[C@H]5[C@@H]6CCC7=CC(=O)C=C[C@]7(C)[C@@]6(F)[C@@H](O)C[C@@]54C)cc3)cn(C3CC3)c12. The van der Waals surface area contributed by atoms with E-state index in [0.29, 0.717) is 55.0 Å². The van der Waals surface area contributed by atoms with Crippen molar-refractivity contribution in [3.63, 3.8) is 0 Å². The molecule has 4 saturated carbocycles. The number of piperidine rings is 1. The van der Waals surface area contributed by atoms with Crippen molar-refractivity contribution in [1.29, 1.82) is 0 Å². The molecule has 3 aromatic rings. The average molecular weight is 982 g/mol. The van der Waals surface area contributed by atoms with Crippen LogP contribution in [0.4, 0.5) is 14.5 Å². The summed E-state index contributed by atoms with van der Waals surface area (Å²) in [5.41, 5.74) is -6.08. The van der Waals surface area contributed by atoms with Crippen LogP contribution in [0.5, 0.6) is 5.75 Å². The zero-order valence-electron chi connectivity index (χ0n) is 40.5. The van der Waals surface area contributed by atoms with Crippen molar-refractivity contribution in [3.8, 4) is 5.75 Å². The van der Waals surface area contributed by atoms with Gasteiger partial charge in [-0.1, -0.05) is 25.5 Å². The minimum absolute atomic E-state index is 0.00603. The van der Waals surface area contributed by atoms with Gasteiger partial charge in [0.05, 0.1) is 48.5 Å². The molecule has 0 unspecified atom stereocenters. The maximum Gasteiger partial charge on any atom is 0.343 e. The maximum atomic E-state index is 17.6. The van der Waals surface area contributed by atoms with Gasteiger partial charge in [-0.25, -0.2) is 23.2 Å². The molecule has 0 radical (unpaired) electrons. The number of hydrogen-bond donors (Lipinski definition) is 3. The Morgan fingerprint density at radius 3 is 2.30 bits per heavy atom. The van der Waals surface area contributed by atoms with Gasteiger partial charge in [0, 0.05) is 54.5 Å². The van der Waals surface area contributed by atoms with Crippen LogP contribution in [0.3, 0.4) is 0 Å². The number of aromatic nitrogens is 1. The van der Waals surface area contributed by atoms with Crippen molar-refractivity contribution >= 4 is 46.1 Å². The van der Waals surface area contributed by atoms with E-state index in [4.69, 9.17) is 18.9 Å². The zero-order chi connectivity index (χ0) is 50.4. The van der Waals surface area contributed by atoms with E-state index in [0.717, 1.165) is 32.2 Å². The molecule has 0 spiro atoms. The first-order chi connectivity index (χ1) is 33.8. The van der Waals surface area contributed by atoms with E-state index < -0.39 is 87.5 Å². The van der Waals surface area contributed by atoms with E-state index in [1.54, 1.807) is 26.8 Å². The summed E-state index contributed by atoms with van der Waals surface area (Å²) in [5, 5.41) is 27.5. The number of Topliss-reactive ketones (excluding diaryl/α,β-unsaturated/α-hetero) is 1. The summed E-state index contributed by atoms with van der Waals surface area (Å²) in [6.07, 6.45) is 8.94. The number of aliphatic hydroxyl groups excluding tert-OH is 1. The normalized spacial score (nSPS) is 32.8. The van der Waals surface area contributed by atoms with Crippen molar-refractivity contribution in [3.05, 3.63) is 93.1 Å². The van der Waals surface area contributed by atoms with Crippen LogP contribution < -0.4 is 20.4 Å². The van der Waals surface area contributed by atoms with Crippen LogP contribution in [-0.4, -0.2) is 114 Å². The second-order valence-corrected chi connectivity index (χ2v) is 21.4. The van der Waals surface area contributed by atoms with Crippen LogP contribution in [0.2, 0.25) is 0 Å². The standard InChI is InChI=1S/C54H61F2N3O12/c1-29-21-39-38-15-12-33-22-35(60)16-17-51(33,2)53(38,56)42(61)24-52(39,3)54(29,67)43(62)28-71-49(65)31-10-8-30(9-11-31)48(64)69-19-6-20-70-50(66)37-26-59(34-13-14-34)44-36(46(37)63)23-40(55)45(47(44)68-4)58-25-32-7-5-18-57-41(32)27-58/h8-11,16-17,22-23,26,29,32,34,38-39,41-42,57,61,67H,5-7,12-15,18-21,24-25,27-28H2,1-4H3/t29-,32-,38+,39+,41+,42+,51+,52+,53+,54+/m1/s1. The first kappa shape index (κ1) is 48.8. The number of fused-ring (bicyclic) bond motifs is 7. The highest BCUT2D eigenvalue weighted by Crippen LogP contribution is 2.70. The predicted octanol–water partition coefficient (Wildman–Crippen LogP) is 6.15. The second kappa shape index (κ2) is 18.1. The highest BCUT2D eigenvalue weighted by Gasteiger charge is 2.75. The van der Waals surface area contributed by atoms with Gasteiger partial charge in [-0.2, -0.15) is 0 Å². The number of carbonyl (C=O) groups is 5. The third-order valence-corrected chi connectivity index (χ3v) is 17.6. The molecule has 0 amide bonds. The van der Waals surface area contributed by atoms with Crippen LogP contribution in [0.15, 0.2) is 65.1 Å². The van der Waals surface area contributed by atoms with Crippen molar-refractivity contribution in [2.75, 3.05) is 51.5 Å². The Hall–Kier alpha value is -5.78. The van der Waals surface area contributed by atoms with Crippen molar-refractivity contribution < 1.29 is 61.9 Å². The first-order valence-electron chi connectivity index (χ1n) is 25.0. The second-order valence-electron chi connectivity index (χ2n) is 21.4. The average Bonchev–Trinajstić information content (AvgIpc) is 4.08. The lowest BCUT2D eigenvalue weighted by molar-refractivity contribution is -0.219. The number of alkyl halides is 1. The molecule has 378 valence electrons. The number of aliphatic hydroxyl groups is 2. The number of hydrogen-bond acceptors (Lipinski definition) is 14. The van der Waals surface area contributed by atoms with Crippen LogP contribution in [0.25, 0.3) is 10.9 Å². The summed E-state index contributed by atoms with van der Waals surface area (Å²) < 4.78 is 57.5. The van der Waals surface area contributed by atoms with Gasteiger partial charge in [0.25, 0.3) is 0 Å². The van der Waals surface area contributed by atoms with Gasteiger partial charge in [-0.3, -0.25) is 14.4 Å². The Balaban J connectivity index is 0.726. The smallest absolute Gasteiger partial charge is 0.343 e. The van der Waals surface area contributed by atoms with Gasteiger partial charge in [0.15, 0.2) is 29.6 Å². The summed E-state index contributed by atoms with van der Waals surface area (Å²) >= 11 is 0. The number of allylic oxidation sites excluding steroid dienone is 4. The Labute approximate surface area is 409 Å². The third kappa shape index (κ3) is 7.74. The zero-order valence-corrected chi connectivity index (χ0v) is 40.5. The summed E-state index contributed by atoms with van der Waals surface area (Å²) in [6.45, 7) is 6.19. The lowest BCUT2D eigenvalue weighted by atomic mass is 9.44. The molecular formula is C54H61F2N3O12. The number of nitrogens with one attached hydrogen (secondary N) is 1. The molecule has 7 aliphatic rings. The fourth-order valence-corrected chi connectivity index (χ4v) is 13.7. The van der Waals surface area contributed by atoms with E-state index in [9.17, 15) is 39.0 Å². The van der Waals surface area contributed by atoms with Gasteiger partial charge in [-0.15, -0.1) is 0 Å². The predicted molar refractivity (Wildman–Crippen MR) is 254 cm³/mol. The summed E-state index contributed by atoms with van der Waals surface area (Å²) in [7, 11) is 1.46. The molecule has 15 nitrogen and oxygen atoms in total. The number of methoxy groups -OCH3 is 1. The van der Waals surface area contributed by atoms with Crippen molar-refractivity contribution in [2.24, 2.45) is 34.5 Å². The van der Waals surface area contributed by atoms with Gasteiger partial charge in [0.1, 0.15) is 16.9 Å². The molecule has 5 aliphatic carbocycles. The third-order valence-electron chi connectivity index (χ3n) is 17.6. The Morgan fingerprint density at radius 1 is 0.930 bits per heavy atom. The van der Waals surface area contributed by atoms with Crippen LogP contribution >= 0.6 is 0 Å². The van der Waals surface area contributed by atoms with E-state index in [2.05, 4.69) is 5.32 Å². The summed E-state index contributed by atoms with van der Waals surface area (Å²) in [5.74, 6) is -5.30. The van der Waals surface area contributed by atoms with Crippen LogP contribution in [0.1, 0.15) is 116 Å². The largest absolute Gasteiger partial charge is 0.492 e. The molecular weight excluding hydrogens is 921 g/mol. The number of carbonyl (C=O) groups excluding carboxylic acids is 5. The van der Waals surface area contributed by atoms with Gasteiger partial charge in [0.2, 0.25) is 11.2 Å². The molecule has 0 bridgehead atoms. The van der Waals surface area contributed by atoms with E-state index in [-0.39, 0.29) is 71.7 Å². The fraction of sp³-hybridized carbons (Fsp3) is 0.556. The lowest BCUT2D eigenvalue weighted by Crippen LogP contribution is -2.69. The molecule has 1 aromatic heterocycles. The number of ether oxygens (including phenoxy) is 4. The van der Waals surface area contributed by atoms with E-state index in [1.165, 1.54) is 55.8 Å². The molecule has 71 heavy (non-hydrogen) atoms. The maximum absolute atomic E-state index is 17.6. The summed E-state index contributed by atoms with van der Waals surface area (Å²) in [4.78, 5) is 81.4. The Bertz CT molecular complexity index is 2830. The van der Waals surface area contributed by atoms with E-state index >= 15 is 8.78 Å². The van der Waals surface area contributed by atoms with Gasteiger partial charge >= 0.3 is 17.9 Å². The lowest BCUT2D eigenvalue weighted by Gasteiger charge is -2.62. The van der Waals surface area contributed by atoms with Gasteiger partial charge < -0.3 is 43.9 Å². The topological polar surface area (TPSA) is 200 Å². The van der Waals surface area contributed by atoms with Crippen LogP contribution in [-0.2, 0) is 23.8 Å². The number of ketones is 2. The molecule has 3 heterocycles. The molecule has 2 aromatic carbocycles. The molecule has 3 N–H and O–H groups in total. The molecule has 6 fully saturated rings. The van der Waals surface area contributed by atoms with Crippen molar-refractivity contribution in [2.45, 2.75) is 108 Å². The number of nitrogens with zero attached hydrogens (tertiary/aromatic N) is 2. The Kier molecular flexibility index (Phi) is 12.4. The summed E-state index contributed by atoms with van der Waals surface area (Å²) in [6, 6.07) is 6.76. The quantitative estimate of drug-likeness (QED) is 0.100. The molecule has 10 atom stereocenters. The minimum Gasteiger partial charge on any atom is -0.492 e. The molecule has 2 aliphatic heterocycles. The number of pyridine rings is 1. The number of anilines is 1. The molecule has 17 heteroatoms. The highest BCUT2D eigenvalue weighted by molar-refractivity contribution is 6.01. The van der Waals surface area contributed by atoms with Gasteiger partial charge in [-0.05, 0) is 125 Å². The van der Waals surface area contributed by atoms with Crippen LogP contribution in [0, 0.1) is 40.3 Å². The molecule has 2 saturated heterocycles. The Morgan fingerprint density at radius 2 is 1.62 bits per heavy atom. The number of benzene rings is 2. The monoisotopic (exact) mass is 981 g/mol. The van der Waals surface area contributed by atoms with Crippen molar-refractivity contribution in [1.82, 2.24) is 9.88 Å². The number of halogens is 2. The highest BCUT2D eigenvalue weighted by atomic mass is 19.1. The molecule has 10 rings (SSSR count). The number of rotatable bonds is 13. The van der Waals surface area contributed by atoms with E-state index in [1.807, 2.05) is 9.47 Å². The first-order valence-corrected chi connectivity index (χ1v) is 25.0.